The molecular formula is C7H18KLiN2O. The maximum Gasteiger partial charge on any atom is 1.00 e. The fourth-order valence-electron chi connectivity index (χ4n) is 0.540. The van der Waals surface area contributed by atoms with Crippen molar-refractivity contribution in [2.24, 2.45) is 0 Å². The first-order valence-electron chi connectivity index (χ1n) is 3.83. The summed E-state index contributed by atoms with van der Waals surface area (Å²) < 4.78 is 0. The van der Waals surface area contributed by atoms with Crippen molar-refractivity contribution in [2.45, 2.75) is 26.7 Å². The van der Waals surface area contributed by atoms with E-state index >= 15 is 0 Å². The molecule has 3 nitrogen and oxygen atoms in total. The van der Waals surface area contributed by atoms with Gasteiger partial charge < -0.3 is 13.5 Å². The van der Waals surface area contributed by atoms with Crippen LogP contribution in [0.15, 0.2) is 0 Å². The molecule has 0 atom stereocenters. The molecule has 12 heavy (non-hydrogen) atoms. The second-order valence-corrected chi connectivity index (χ2v) is 2.18. The van der Waals surface area contributed by atoms with Gasteiger partial charge in [-0.15, -0.1) is 0 Å². The van der Waals surface area contributed by atoms with Crippen molar-refractivity contribution >= 4 is 6.03 Å². The van der Waals surface area contributed by atoms with Crippen molar-refractivity contribution in [1.29, 1.82) is 0 Å². The van der Waals surface area contributed by atoms with Crippen LogP contribution in [-0.4, -0.2) is 19.1 Å². The molecule has 0 fully saturated rings. The van der Waals surface area contributed by atoms with Crippen LogP contribution in [0.5, 0.6) is 0 Å². The van der Waals surface area contributed by atoms with Crippen LogP contribution < -0.4 is 80.9 Å². The van der Waals surface area contributed by atoms with E-state index in [1.54, 1.807) is 0 Å². The minimum absolute atomic E-state index is 0. The summed E-state index contributed by atoms with van der Waals surface area (Å²) in [6.07, 6.45) is 1.97. The van der Waals surface area contributed by atoms with Crippen LogP contribution in [0.2, 0.25) is 0 Å². The molecule has 0 unspecified atom stereocenters. The predicted octanol–water partition coefficient (Wildman–Crippen LogP) is -4.66. The Morgan fingerprint density at radius 1 is 1.17 bits per heavy atom. The predicted molar refractivity (Wildman–Crippen MR) is 44.2 cm³/mol. The van der Waals surface area contributed by atoms with Crippen molar-refractivity contribution in [3.8, 4) is 0 Å². The average Bonchev–Trinajstić information content (AvgIpc) is 1.97. The van der Waals surface area contributed by atoms with Gasteiger partial charge in [0.05, 0.1) is 0 Å². The second-order valence-electron chi connectivity index (χ2n) is 2.18. The molecule has 0 heterocycles. The molecule has 64 valence electrons. The van der Waals surface area contributed by atoms with Gasteiger partial charge in [0.2, 0.25) is 0 Å². The number of rotatable bonds is 4. The van der Waals surface area contributed by atoms with Gasteiger partial charge in [-0.2, -0.15) is 0 Å². The summed E-state index contributed by atoms with van der Waals surface area (Å²) in [6, 6.07) is -0.0521. The molecule has 0 bridgehead atoms. The quantitative estimate of drug-likeness (QED) is 0.432. The summed E-state index contributed by atoms with van der Waals surface area (Å²) in [6.45, 7) is 5.57. The zero-order valence-electron chi connectivity index (χ0n) is 10.7. The fourth-order valence-corrected chi connectivity index (χ4v) is 0.540. The molecule has 0 aromatic heterocycles. The Kier molecular flexibility index (Phi) is 23.9. The molecule has 0 spiro atoms. The van der Waals surface area contributed by atoms with E-state index in [1.807, 2.05) is 13.8 Å². The van der Waals surface area contributed by atoms with E-state index in [0.717, 1.165) is 25.9 Å². The molecule has 0 radical (unpaired) electrons. The van der Waals surface area contributed by atoms with Crippen LogP contribution in [-0.2, 0) is 0 Å². The Bertz CT molecular complexity index is 102. The summed E-state index contributed by atoms with van der Waals surface area (Å²) in [7, 11) is 0. The second kappa shape index (κ2) is 15.0. The van der Waals surface area contributed by atoms with Crippen molar-refractivity contribution < 1.29 is 77.9 Å². The molecule has 2 amide bonds. The number of urea groups is 1. The minimum atomic E-state index is -0.0521. The van der Waals surface area contributed by atoms with E-state index in [1.165, 1.54) is 0 Å². The van der Waals surface area contributed by atoms with Crippen LogP contribution in [0, 0.1) is 0 Å². The van der Waals surface area contributed by atoms with Gasteiger partial charge in [-0.3, -0.25) is 0 Å². The van der Waals surface area contributed by atoms with Crippen molar-refractivity contribution in [2.75, 3.05) is 13.1 Å². The number of hydrogen-bond acceptors (Lipinski definition) is 1. The Morgan fingerprint density at radius 3 is 1.75 bits per heavy atom. The smallest absolute Gasteiger partial charge is 1.00 e. The third-order valence-corrected chi connectivity index (χ3v) is 1.07. The molecule has 0 aromatic carbocycles. The topological polar surface area (TPSA) is 41.1 Å². The van der Waals surface area contributed by atoms with Crippen molar-refractivity contribution in [1.82, 2.24) is 10.6 Å². The largest absolute Gasteiger partial charge is 1.00 e. The Morgan fingerprint density at radius 2 is 1.50 bits per heavy atom. The van der Waals surface area contributed by atoms with Gasteiger partial charge >= 0.3 is 76.3 Å². The Labute approximate surface area is 132 Å². The number of nitrogens with one attached hydrogen (secondary N) is 2. The molecular weight excluding hydrogens is 174 g/mol. The van der Waals surface area contributed by atoms with Crippen LogP contribution in [0.25, 0.3) is 0 Å². The van der Waals surface area contributed by atoms with Crippen molar-refractivity contribution in [3.63, 3.8) is 0 Å². The third kappa shape index (κ3) is 14.1. The van der Waals surface area contributed by atoms with Gasteiger partial charge in [-0.25, -0.2) is 4.79 Å². The van der Waals surface area contributed by atoms with Crippen LogP contribution in [0.1, 0.15) is 29.5 Å². The SMILES string of the molecule is CCCNC(=O)NCCC.[H-].[H-].[K+].[Li+]. The van der Waals surface area contributed by atoms with Crippen LogP contribution >= 0.6 is 0 Å². The maximum atomic E-state index is 10.7. The monoisotopic (exact) mass is 192 g/mol. The molecule has 0 saturated carbocycles. The molecule has 0 saturated heterocycles. The summed E-state index contributed by atoms with van der Waals surface area (Å²) in [4.78, 5) is 10.7. The fraction of sp³-hybridized carbons (Fsp3) is 0.857. The molecule has 0 aliphatic heterocycles. The Balaban J connectivity index is -0.0000000675. The summed E-state index contributed by atoms with van der Waals surface area (Å²) >= 11 is 0. The first kappa shape index (κ1) is 19.1. The summed E-state index contributed by atoms with van der Waals surface area (Å²) in [5.41, 5.74) is 0. The number of hydrogen-bond donors (Lipinski definition) is 2. The van der Waals surface area contributed by atoms with E-state index in [0.29, 0.717) is 0 Å². The van der Waals surface area contributed by atoms with Crippen LogP contribution in [0.4, 0.5) is 4.79 Å². The van der Waals surface area contributed by atoms with Gasteiger partial charge in [0.15, 0.2) is 0 Å². The number of amides is 2. The van der Waals surface area contributed by atoms with E-state index in [2.05, 4.69) is 10.6 Å². The summed E-state index contributed by atoms with van der Waals surface area (Å²) in [5, 5.41) is 5.43. The summed E-state index contributed by atoms with van der Waals surface area (Å²) in [5.74, 6) is 0. The van der Waals surface area contributed by atoms with Gasteiger partial charge in [0, 0.05) is 13.1 Å². The standard InChI is InChI=1S/C7H16N2O.K.Li.2H/c1-3-5-8-7(10)9-6-4-2;;;;/h3-6H2,1-2H3,(H2,8,9,10);;;;/q;2*+1;2*-1. The third-order valence-electron chi connectivity index (χ3n) is 1.07. The van der Waals surface area contributed by atoms with E-state index in [9.17, 15) is 4.79 Å². The van der Waals surface area contributed by atoms with Gasteiger partial charge in [-0.1, -0.05) is 13.8 Å². The molecule has 0 aliphatic rings. The minimum Gasteiger partial charge on any atom is -1.00 e. The van der Waals surface area contributed by atoms with Gasteiger partial charge in [0.25, 0.3) is 0 Å². The molecule has 5 heteroatoms. The number of carbonyl (C=O) groups is 1. The normalized spacial score (nSPS) is 7.50. The zero-order valence-corrected chi connectivity index (χ0v) is 11.9. The first-order valence-corrected chi connectivity index (χ1v) is 3.83. The molecule has 0 aromatic rings. The van der Waals surface area contributed by atoms with E-state index in [-0.39, 0.29) is 79.1 Å². The van der Waals surface area contributed by atoms with Crippen molar-refractivity contribution in [3.05, 3.63) is 0 Å². The van der Waals surface area contributed by atoms with Gasteiger partial charge in [0.1, 0.15) is 0 Å². The van der Waals surface area contributed by atoms with Gasteiger partial charge in [-0.05, 0) is 12.8 Å². The average molecular weight is 192 g/mol. The molecule has 0 aliphatic carbocycles. The molecule has 0 rings (SSSR count). The van der Waals surface area contributed by atoms with Crippen LogP contribution in [0.3, 0.4) is 0 Å². The van der Waals surface area contributed by atoms with E-state index in [4.69, 9.17) is 0 Å². The maximum absolute atomic E-state index is 10.7. The first-order chi connectivity index (χ1) is 4.81. The number of carbonyl (C=O) groups excluding carboxylic acids is 1. The van der Waals surface area contributed by atoms with E-state index < -0.39 is 0 Å². The Hall–Kier alpha value is 1.50. The molecule has 2 N–H and O–H groups in total. The zero-order chi connectivity index (χ0) is 7.82.